The Balaban J connectivity index is 2.61. The lowest BCUT2D eigenvalue weighted by atomic mass is 9.63. The average molecular weight is 226 g/mol. The van der Waals surface area contributed by atoms with Crippen LogP contribution in [0.3, 0.4) is 0 Å². The fourth-order valence-electron chi connectivity index (χ4n) is 4.10. The predicted molar refractivity (Wildman–Crippen MR) is 70.4 cm³/mol. The molecule has 0 radical (unpaired) electrons. The van der Waals surface area contributed by atoms with Crippen LogP contribution in [0.5, 0.6) is 0 Å². The first kappa shape index (κ1) is 14.0. The Hall–Kier alpha value is -0.0400. The zero-order valence-corrected chi connectivity index (χ0v) is 11.8. The molecule has 3 unspecified atom stereocenters. The van der Waals surface area contributed by atoms with Gasteiger partial charge < -0.3 is 5.11 Å². The Morgan fingerprint density at radius 3 is 2.44 bits per heavy atom. The van der Waals surface area contributed by atoms with E-state index < -0.39 is 5.60 Å². The number of aliphatic hydroxyl groups is 1. The van der Waals surface area contributed by atoms with E-state index in [0.29, 0.717) is 17.3 Å². The third kappa shape index (κ3) is 4.08. The van der Waals surface area contributed by atoms with E-state index in [-0.39, 0.29) is 0 Å². The molecule has 0 saturated heterocycles. The molecule has 1 aliphatic rings. The second-order valence-electron chi connectivity index (χ2n) is 7.18. The summed E-state index contributed by atoms with van der Waals surface area (Å²) in [4.78, 5) is 0. The normalized spacial score (nSPS) is 36.0. The largest absolute Gasteiger partial charge is 0.390 e. The van der Waals surface area contributed by atoms with Crippen molar-refractivity contribution in [2.45, 2.75) is 78.7 Å². The first-order valence-electron chi connectivity index (χ1n) is 6.99. The summed E-state index contributed by atoms with van der Waals surface area (Å²) in [6, 6.07) is 0. The first-order chi connectivity index (χ1) is 7.26. The minimum atomic E-state index is -0.393. The Labute approximate surface area is 102 Å². The van der Waals surface area contributed by atoms with Crippen LogP contribution in [0.2, 0.25) is 0 Å². The van der Waals surface area contributed by atoms with Crippen molar-refractivity contribution >= 4 is 0 Å². The smallest absolute Gasteiger partial charge is 0.0658 e. The molecule has 0 aromatic rings. The number of hydrogen-bond acceptors (Lipinski definition) is 1. The van der Waals surface area contributed by atoms with Crippen LogP contribution in [-0.4, -0.2) is 10.7 Å². The van der Waals surface area contributed by atoms with Gasteiger partial charge in [-0.2, -0.15) is 0 Å². The Kier molecular flexibility index (Phi) is 4.45. The van der Waals surface area contributed by atoms with E-state index in [2.05, 4.69) is 34.6 Å². The monoisotopic (exact) mass is 226 g/mol. The molecule has 1 fully saturated rings. The third-order valence-electron chi connectivity index (χ3n) is 3.95. The van der Waals surface area contributed by atoms with Crippen molar-refractivity contribution in [3.8, 4) is 0 Å². The van der Waals surface area contributed by atoms with Crippen molar-refractivity contribution in [3.05, 3.63) is 0 Å². The summed E-state index contributed by atoms with van der Waals surface area (Å²) in [7, 11) is 0. The fourth-order valence-corrected chi connectivity index (χ4v) is 4.10. The van der Waals surface area contributed by atoms with Gasteiger partial charge in [-0.15, -0.1) is 0 Å². The highest BCUT2D eigenvalue weighted by molar-refractivity contribution is 4.93. The van der Waals surface area contributed by atoms with Crippen molar-refractivity contribution < 1.29 is 5.11 Å². The van der Waals surface area contributed by atoms with Crippen molar-refractivity contribution in [3.63, 3.8) is 0 Å². The summed E-state index contributed by atoms with van der Waals surface area (Å²) in [5.41, 5.74) is -0.0753. The molecule has 0 bridgehead atoms. The van der Waals surface area contributed by atoms with Gasteiger partial charge in [0.25, 0.3) is 0 Å². The molecule has 0 amide bonds. The van der Waals surface area contributed by atoms with Crippen molar-refractivity contribution in [2.75, 3.05) is 0 Å². The molecule has 0 aromatic carbocycles. The highest BCUT2D eigenvalue weighted by Gasteiger charge is 2.41. The Bertz CT molecular complexity index is 221. The summed E-state index contributed by atoms with van der Waals surface area (Å²) in [5, 5.41) is 10.8. The quantitative estimate of drug-likeness (QED) is 0.753. The molecule has 1 heteroatoms. The van der Waals surface area contributed by atoms with E-state index in [1.807, 2.05) is 0 Å². The molecule has 96 valence electrons. The maximum atomic E-state index is 10.8. The van der Waals surface area contributed by atoms with Crippen molar-refractivity contribution in [1.29, 1.82) is 0 Å². The van der Waals surface area contributed by atoms with E-state index >= 15 is 0 Å². The van der Waals surface area contributed by atoms with Gasteiger partial charge in [0, 0.05) is 0 Å². The summed E-state index contributed by atoms with van der Waals surface area (Å²) < 4.78 is 0. The van der Waals surface area contributed by atoms with Gasteiger partial charge in [-0.3, -0.25) is 0 Å². The first-order valence-corrected chi connectivity index (χ1v) is 6.99. The summed E-state index contributed by atoms with van der Waals surface area (Å²) >= 11 is 0. The average Bonchev–Trinajstić information content (AvgIpc) is 1.96. The van der Waals surface area contributed by atoms with Crippen LogP contribution in [0.25, 0.3) is 0 Å². The van der Waals surface area contributed by atoms with Crippen LogP contribution in [0.1, 0.15) is 73.1 Å². The van der Waals surface area contributed by atoms with E-state index in [1.165, 1.54) is 19.3 Å². The van der Waals surface area contributed by atoms with Crippen LogP contribution in [0.4, 0.5) is 0 Å². The van der Waals surface area contributed by atoms with Gasteiger partial charge in [0.2, 0.25) is 0 Å². The molecule has 0 heterocycles. The van der Waals surface area contributed by atoms with Crippen LogP contribution in [-0.2, 0) is 0 Å². The predicted octanol–water partition coefficient (Wildman–Crippen LogP) is 4.39. The van der Waals surface area contributed by atoms with Gasteiger partial charge in [-0.05, 0) is 42.9 Å². The lowest BCUT2D eigenvalue weighted by molar-refractivity contribution is -0.0726. The summed E-state index contributed by atoms with van der Waals surface area (Å²) in [6.07, 6.45) is 6.72. The van der Waals surface area contributed by atoms with Crippen LogP contribution >= 0.6 is 0 Å². The highest BCUT2D eigenvalue weighted by Crippen LogP contribution is 2.46. The molecule has 0 aromatic heterocycles. The van der Waals surface area contributed by atoms with Crippen LogP contribution in [0.15, 0.2) is 0 Å². The van der Waals surface area contributed by atoms with Crippen LogP contribution in [0, 0.1) is 17.3 Å². The molecule has 0 aliphatic heterocycles. The summed E-state index contributed by atoms with van der Waals surface area (Å²) in [6.45, 7) is 11.4. The topological polar surface area (TPSA) is 20.2 Å². The van der Waals surface area contributed by atoms with Crippen molar-refractivity contribution in [1.82, 2.24) is 0 Å². The number of rotatable bonds is 4. The summed E-state index contributed by atoms with van der Waals surface area (Å²) in [5.74, 6) is 1.33. The molecule has 1 rings (SSSR count). The van der Waals surface area contributed by atoms with E-state index in [1.54, 1.807) is 0 Å². The lowest BCUT2D eigenvalue weighted by Gasteiger charge is -2.45. The molecule has 0 spiro atoms. The van der Waals surface area contributed by atoms with Gasteiger partial charge in [-0.25, -0.2) is 0 Å². The third-order valence-corrected chi connectivity index (χ3v) is 3.95. The SMILES string of the molecule is CCCC(C)CC1(O)CC(C)CC(C)(C)C1. The molecular formula is C15H30O. The fraction of sp³-hybridized carbons (Fsp3) is 1.00. The van der Waals surface area contributed by atoms with Gasteiger partial charge in [0.15, 0.2) is 0 Å². The molecule has 3 atom stereocenters. The minimum Gasteiger partial charge on any atom is -0.390 e. The van der Waals surface area contributed by atoms with Crippen LogP contribution < -0.4 is 0 Å². The molecule has 1 nitrogen and oxygen atoms in total. The van der Waals surface area contributed by atoms with Gasteiger partial charge in [0.05, 0.1) is 5.60 Å². The molecule has 1 saturated carbocycles. The maximum absolute atomic E-state index is 10.8. The molecule has 16 heavy (non-hydrogen) atoms. The minimum absolute atomic E-state index is 0.318. The second kappa shape index (κ2) is 5.08. The van der Waals surface area contributed by atoms with E-state index in [9.17, 15) is 5.11 Å². The second-order valence-corrected chi connectivity index (χ2v) is 7.18. The van der Waals surface area contributed by atoms with Crippen molar-refractivity contribution in [2.24, 2.45) is 17.3 Å². The Morgan fingerprint density at radius 1 is 1.31 bits per heavy atom. The molecule has 1 aliphatic carbocycles. The van der Waals surface area contributed by atoms with E-state index in [0.717, 1.165) is 19.3 Å². The maximum Gasteiger partial charge on any atom is 0.0658 e. The van der Waals surface area contributed by atoms with E-state index in [4.69, 9.17) is 0 Å². The molecular weight excluding hydrogens is 196 g/mol. The van der Waals surface area contributed by atoms with Gasteiger partial charge in [-0.1, -0.05) is 47.5 Å². The Morgan fingerprint density at radius 2 is 1.94 bits per heavy atom. The lowest BCUT2D eigenvalue weighted by Crippen LogP contribution is -2.43. The number of hydrogen-bond donors (Lipinski definition) is 1. The molecule has 1 N–H and O–H groups in total. The van der Waals surface area contributed by atoms with Gasteiger partial charge >= 0.3 is 0 Å². The standard InChI is InChI=1S/C15H30O/c1-6-7-12(2)9-15(16)10-13(3)8-14(4,5)11-15/h12-13,16H,6-11H2,1-5H3. The highest BCUT2D eigenvalue weighted by atomic mass is 16.3. The zero-order valence-electron chi connectivity index (χ0n) is 11.8. The van der Waals surface area contributed by atoms with Gasteiger partial charge in [0.1, 0.15) is 0 Å². The zero-order chi connectivity index (χ0) is 12.4.